The number of aryl methyl sites for hydroxylation is 2. The van der Waals surface area contributed by atoms with Crippen molar-refractivity contribution in [2.75, 3.05) is 11.4 Å². The van der Waals surface area contributed by atoms with Gasteiger partial charge >= 0.3 is 0 Å². The molecule has 0 bridgehead atoms. The van der Waals surface area contributed by atoms with Gasteiger partial charge < -0.3 is 4.90 Å². The maximum Gasteiger partial charge on any atom is 0.228 e. The van der Waals surface area contributed by atoms with E-state index < -0.39 is 0 Å². The Kier molecular flexibility index (Phi) is 2.66. The molecule has 2 aromatic rings. The minimum absolute atomic E-state index is 0.170. The molecule has 94 valence electrons. The summed E-state index contributed by atoms with van der Waals surface area (Å²) in [5.74, 6) is 0.170. The van der Waals surface area contributed by atoms with Gasteiger partial charge in [0.15, 0.2) is 0 Å². The smallest absolute Gasteiger partial charge is 0.228 e. The second-order valence-electron chi connectivity index (χ2n) is 4.72. The minimum Gasteiger partial charge on any atom is -0.311 e. The third-order valence-corrected chi connectivity index (χ3v) is 4.12. The van der Waals surface area contributed by atoms with Crippen molar-refractivity contribution >= 4 is 38.4 Å². The molecule has 4 nitrogen and oxygen atoms in total. The van der Waals surface area contributed by atoms with Gasteiger partial charge in [-0.15, -0.1) is 0 Å². The fourth-order valence-corrected chi connectivity index (χ4v) is 2.97. The van der Waals surface area contributed by atoms with Crippen molar-refractivity contribution in [1.82, 2.24) is 9.78 Å². The van der Waals surface area contributed by atoms with Crippen LogP contribution in [0.4, 0.5) is 5.69 Å². The Bertz CT molecular complexity index is 634. The van der Waals surface area contributed by atoms with Crippen molar-refractivity contribution < 1.29 is 4.79 Å². The first kappa shape index (κ1) is 11.7. The third-order valence-electron chi connectivity index (χ3n) is 3.50. The number of hydrogen-bond donors (Lipinski definition) is 0. The Morgan fingerprint density at radius 1 is 1.44 bits per heavy atom. The summed E-state index contributed by atoms with van der Waals surface area (Å²) in [4.78, 5) is 13.9. The summed E-state index contributed by atoms with van der Waals surface area (Å²) in [6, 6.07) is 6.03. The zero-order valence-corrected chi connectivity index (χ0v) is 11.9. The summed E-state index contributed by atoms with van der Waals surface area (Å²) in [5.41, 5.74) is 3.02. The van der Waals surface area contributed by atoms with Gasteiger partial charge in [0.05, 0.1) is 5.52 Å². The van der Waals surface area contributed by atoms with Crippen LogP contribution in [0.5, 0.6) is 0 Å². The minimum atomic E-state index is 0.170. The predicted molar refractivity (Wildman–Crippen MR) is 75.1 cm³/mol. The quantitative estimate of drug-likeness (QED) is 0.759. The molecule has 1 atom stereocenters. The van der Waals surface area contributed by atoms with Crippen LogP contribution in [0.25, 0.3) is 10.9 Å². The number of nitrogens with zero attached hydrogens (tertiary/aromatic N) is 3. The molecule has 0 aliphatic carbocycles. The lowest BCUT2D eigenvalue weighted by Crippen LogP contribution is -2.24. The molecular formula is C13H14BrN3O. The van der Waals surface area contributed by atoms with Gasteiger partial charge in [-0.25, -0.2) is 0 Å². The first-order valence-corrected chi connectivity index (χ1v) is 6.85. The van der Waals surface area contributed by atoms with Gasteiger partial charge in [0, 0.05) is 41.6 Å². The molecular weight excluding hydrogens is 294 g/mol. The zero-order valence-electron chi connectivity index (χ0n) is 10.4. The van der Waals surface area contributed by atoms with E-state index >= 15 is 0 Å². The summed E-state index contributed by atoms with van der Waals surface area (Å²) in [7, 11) is 1.94. The predicted octanol–water partition coefficient (Wildman–Crippen LogP) is 2.38. The molecule has 1 aromatic carbocycles. The van der Waals surface area contributed by atoms with E-state index in [0.717, 1.165) is 28.8 Å². The number of rotatable bonds is 1. The largest absolute Gasteiger partial charge is 0.311 e. The zero-order chi connectivity index (χ0) is 12.9. The number of halogens is 1. The van der Waals surface area contributed by atoms with Gasteiger partial charge in [0.1, 0.15) is 0 Å². The Labute approximate surface area is 114 Å². The number of benzene rings is 1. The second kappa shape index (κ2) is 4.09. The lowest BCUT2D eigenvalue weighted by molar-refractivity contribution is -0.117. The van der Waals surface area contributed by atoms with Crippen LogP contribution >= 0.6 is 15.9 Å². The highest BCUT2D eigenvalue weighted by atomic mass is 79.9. The van der Waals surface area contributed by atoms with Crippen molar-refractivity contribution in [2.45, 2.75) is 18.2 Å². The molecule has 1 amide bonds. The second-order valence-corrected chi connectivity index (χ2v) is 6.01. The van der Waals surface area contributed by atoms with Gasteiger partial charge in [-0.2, -0.15) is 5.10 Å². The van der Waals surface area contributed by atoms with Gasteiger partial charge in [0.25, 0.3) is 0 Å². The monoisotopic (exact) mass is 307 g/mol. The molecule has 2 heterocycles. The van der Waals surface area contributed by atoms with E-state index in [2.05, 4.69) is 21.0 Å². The molecule has 18 heavy (non-hydrogen) atoms. The van der Waals surface area contributed by atoms with Crippen LogP contribution < -0.4 is 4.90 Å². The fourth-order valence-electron chi connectivity index (χ4n) is 2.40. The SMILES string of the molecule is Cc1c2ccc(N3CC(Br)CC3=O)cc2nn1C. The highest BCUT2D eigenvalue weighted by Crippen LogP contribution is 2.28. The maximum absolute atomic E-state index is 11.9. The van der Waals surface area contributed by atoms with E-state index in [-0.39, 0.29) is 10.7 Å². The number of hydrogen-bond acceptors (Lipinski definition) is 2. The molecule has 1 aliphatic heterocycles. The van der Waals surface area contributed by atoms with Crippen LogP contribution in [0.3, 0.4) is 0 Å². The molecule has 0 saturated carbocycles. The lowest BCUT2D eigenvalue weighted by atomic mass is 10.2. The molecule has 0 spiro atoms. The Balaban J connectivity index is 2.06. The number of carbonyl (C=O) groups excluding carboxylic acids is 1. The number of aromatic nitrogens is 2. The van der Waals surface area contributed by atoms with E-state index in [1.807, 2.05) is 41.8 Å². The molecule has 1 saturated heterocycles. The summed E-state index contributed by atoms with van der Waals surface area (Å²) in [6.07, 6.45) is 0.569. The molecule has 3 rings (SSSR count). The first-order chi connectivity index (χ1) is 8.56. The molecule has 0 N–H and O–H groups in total. The van der Waals surface area contributed by atoms with E-state index in [1.165, 1.54) is 0 Å². The summed E-state index contributed by atoms with van der Waals surface area (Å²) >= 11 is 3.50. The number of alkyl halides is 1. The van der Waals surface area contributed by atoms with E-state index in [9.17, 15) is 4.79 Å². The maximum atomic E-state index is 11.9. The number of fused-ring (bicyclic) bond motifs is 1. The van der Waals surface area contributed by atoms with Crippen LogP contribution in [0.1, 0.15) is 12.1 Å². The Hall–Kier alpha value is -1.36. The van der Waals surface area contributed by atoms with Crippen LogP contribution in [0.15, 0.2) is 18.2 Å². The molecule has 5 heteroatoms. The van der Waals surface area contributed by atoms with E-state index in [4.69, 9.17) is 0 Å². The average molecular weight is 308 g/mol. The third kappa shape index (κ3) is 1.73. The van der Waals surface area contributed by atoms with Gasteiger partial charge in [-0.1, -0.05) is 15.9 Å². The molecule has 0 radical (unpaired) electrons. The van der Waals surface area contributed by atoms with Crippen molar-refractivity contribution in [1.29, 1.82) is 0 Å². The lowest BCUT2D eigenvalue weighted by Gasteiger charge is -2.15. The van der Waals surface area contributed by atoms with E-state index in [1.54, 1.807) is 0 Å². The Morgan fingerprint density at radius 3 is 2.89 bits per heavy atom. The molecule has 1 unspecified atom stereocenters. The summed E-state index contributed by atoms with van der Waals surface area (Å²) in [5, 5.41) is 5.60. The van der Waals surface area contributed by atoms with E-state index in [0.29, 0.717) is 6.42 Å². The van der Waals surface area contributed by atoms with Crippen molar-refractivity contribution in [3.8, 4) is 0 Å². The van der Waals surface area contributed by atoms with Gasteiger partial charge in [-0.05, 0) is 25.1 Å². The Morgan fingerprint density at radius 2 is 2.22 bits per heavy atom. The van der Waals surface area contributed by atoms with Crippen LogP contribution in [-0.4, -0.2) is 27.1 Å². The van der Waals surface area contributed by atoms with Crippen molar-refractivity contribution in [3.05, 3.63) is 23.9 Å². The van der Waals surface area contributed by atoms with Crippen LogP contribution in [0, 0.1) is 6.92 Å². The molecule has 1 fully saturated rings. The van der Waals surface area contributed by atoms with Gasteiger partial charge in [0.2, 0.25) is 5.91 Å². The van der Waals surface area contributed by atoms with Crippen molar-refractivity contribution in [3.63, 3.8) is 0 Å². The first-order valence-electron chi connectivity index (χ1n) is 5.94. The fraction of sp³-hybridized carbons (Fsp3) is 0.385. The highest BCUT2D eigenvalue weighted by molar-refractivity contribution is 9.09. The standard InChI is InChI=1S/C13H14BrN3O/c1-8-11-4-3-10(6-12(11)15-16(8)2)17-7-9(14)5-13(17)18/h3-4,6,9H,5,7H2,1-2H3. The summed E-state index contributed by atoms with van der Waals surface area (Å²) in [6.45, 7) is 2.78. The molecule has 1 aliphatic rings. The molecule has 1 aromatic heterocycles. The number of anilines is 1. The summed E-state index contributed by atoms with van der Waals surface area (Å²) < 4.78 is 1.87. The highest BCUT2D eigenvalue weighted by Gasteiger charge is 2.28. The van der Waals surface area contributed by atoms with Crippen LogP contribution in [-0.2, 0) is 11.8 Å². The van der Waals surface area contributed by atoms with Crippen molar-refractivity contribution in [2.24, 2.45) is 7.05 Å². The number of carbonyl (C=O) groups is 1. The van der Waals surface area contributed by atoms with Crippen LogP contribution in [0.2, 0.25) is 0 Å². The topological polar surface area (TPSA) is 38.1 Å². The average Bonchev–Trinajstić information content (AvgIpc) is 2.80. The number of amides is 1. The normalized spacial score (nSPS) is 20.1. The van der Waals surface area contributed by atoms with Gasteiger partial charge in [-0.3, -0.25) is 9.48 Å².